The molecular formula is C10H15Cl5N3O+. The number of halogens is 5. The van der Waals surface area contributed by atoms with Gasteiger partial charge in [-0.2, -0.15) is 0 Å². The molecule has 19 heavy (non-hydrogen) atoms. The van der Waals surface area contributed by atoms with E-state index in [0.717, 1.165) is 0 Å². The van der Waals surface area contributed by atoms with Gasteiger partial charge >= 0.3 is 0 Å². The van der Waals surface area contributed by atoms with Crippen molar-refractivity contribution in [1.82, 2.24) is 0 Å². The lowest BCUT2D eigenvalue weighted by Gasteiger charge is -2.33. The maximum atomic E-state index is 10.1. The Bertz CT molecular complexity index is 377. The SMILES string of the molecule is CC(Cl)(CCC(Cl)(Cl)C(C)(Cl)Cl)C[N+]1(O)C=NN=C1. The van der Waals surface area contributed by atoms with E-state index in [1.54, 1.807) is 6.92 Å². The van der Waals surface area contributed by atoms with E-state index in [0.29, 0.717) is 6.42 Å². The van der Waals surface area contributed by atoms with E-state index in [9.17, 15) is 5.21 Å². The molecule has 0 saturated carbocycles. The minimum Gasteiger partial charge on any atom is -0.204 e. The Morgan fingerprint density at radius 2 is 1.47 bits per heavy atom. The first kappa shape index (κ1) is 17.8. The highest BCUT2D eigenvalue weighted by atomic mass is 35.5. The molecule has 0 aromatic heterocycles. The number of alkyl halides is 5. The average Bonchev–Trinajstić information content (AvgIpc) is 2.59. The molecule has 0 spiro atoms. The minimum absolute atomic E-state index is 0.173. The van der Waals surface area contributed by atoms with Gasteiger partial charge in [-0.05, 0) is 26.7 Å². The zero-order valence-electron chi connectivity index (χ0n) is 10.5. The molecule has 1 unspecified atom stereocenters. The summed E-state index contributed by atoms with van der Waals surface area (Å²) in [5, 5.41) is 17.2. The monoisotopic (exact) mass is 368 g/mol. The molecule has 0 aliphatic carbocycles. The zero-order valence-corrected chi connectivity index (χ0v) is 14.2. The second-order valence-electron chi connectivity index (χ2n) is 5.01. The van der Waals surface area contributed by atoms with Gasteiger partial charge < -0.3 is 0 Å². The van der Waals surface area contributed by atoms with E-state index < -0.39 is 18.2 Å². The topological polar surface area (TPSA) is 45.0 Å². The first-order valence-electron chi connectivity index (χ1n) is 5.50. The van der Waals surface area contributed by atoms with Gasteiger partial charge in [-0.15, -0.1) is 11.6 Å². The summed E-state index contributed by atoms with van der Waals surface area (Å²) in [5.74, 6) is 0. The van der Waals surface area contributed by atoms with Gasteiger partial charge in [0.1, 0.15) is 10.9 Å². The lowest BCUT2D eigenvalue weighted by atomic mass is 10.0. The Kier molecular flexibility index (Phi) is 5.46. The highest BCUT2D eigenvalue weighted by Crippen LogP contribution is 2.46. The predicted molar refractivity (Wildman–Crippen MR) is 81.9 cm³/mol. The van der Waals surface area contributed by atoms with Crippen LogP contribution in [0.1, 0.15) is 26.7 Å². The van der Waals surface area contributed by atoms with Crippen LogP contribution in [0, 0.1) is 0 Å². The molecule has 0 radical (unpaired) electrons. The van der Waals surface area contributed by atoms with Crippen molar-refractivity contribution in [2.24, 2.45) is 10.2 Å². The highest BCUT2D eigenvalue weighted by Gasteiger charge is 2.45. The van der Waals surface area contributed by atoms with Crippen molar-refractivity contribution in [2.45, 2.75) is 40.2 Å². The molecule has 1 aliphatic rings. The van der Waals surface area contributed by atoms with Gasteiger partial charge in [0, 0.05) is 0 Å². The van der Waals surface area contributed by atoms with E-state index in [1.165, 1.54) is 19.6 Å². The summed E-state index contributed by atoms with van der Waals surface area (Å²) in [6, 6.07) is 0. The van der Waals surface area contributed by atoms with Crippen LogP contribution in [0.5, 0.6) is 0 Å². The molecule has 1 atom stereocenters. The molecule has 1 rings (SSSR count). The molecule has 1 aliphatic heterocycles. The second kappa shape index (κ2) is 5.84. The van der Waals surface area contributed by atoms with Crippen molar-refractivity contribution in [3.05, 3.63) is 0 Å². The Balaban J connectivity index is 2.61. The van der Waals surface area contributed by atoms with Crippen molar-refractivity contribution in [3.63, 3.8) is 0 Å². The van der Waals surface area contributed by atoms with E-state index in [-0.39, 0.29) is 13.0 Å². The van der Waals surface area contributed by atoms with Gasteiger partial charge in [0.05, 0.1) is 4.87 Å². The van der Waals surface area contributed by atoms with Crippen LogP contribution in [0.3, 0.4) is 0 Å². The van der Waals surface area contributed by atoms with Crippen LogP contribution in [0.2, 0.25) is 0 Å². The van der Waals surface area contributed by atoms with Gasteiger partial charge in [0.15, 0.2) is 4.33 Å². The maximum absolute atomic E-state index is 10.1. The quantitative estimate of drug-likeness (QED) is 0.549. The normalized spacial score (nSPS) is 21.7. The molecule has 1 heterocycles. The Hall–Kier alpha value is 0.710. The number of hydrogen-bond acceptors (Lipinski definition) is 3. The number of nitrogens with zero attached hydrogens (tertiary/aromatic N) is 3. The fourth-order valence-electron chi connectivity index (χ4n) is 1.59. The fraction of sp³-hybridized carbons (Fsp3) is 0.800. The summed E-state index contributed by atoms with van der Waals surface area (Å²) in [4.78, 5) is -0.773. The van der Waals surface area contributed by atoms with Crippen molar-refractivity contribution in [2.75, 3.05) is 6.54 Å². The third-order valence-electron chi connectivity index (χ3n) is 2.76. The molecular weight excluding hydrogens is 355 g/mol. The smallest absolute Gasteiger partial charge is 0.204 e. The number of quaternary nitrogens is 1. The molecule has 4 nitrogen and oxygen atoms in total. The van der Waals surface area contributed by atoms with Crippen LogP contribution in [0.25, 0.3) is 0 Å². The Morgan fingerprint density at radius 1 is 1.00 bits per heavy atom. The number of hydrogen-bond donors (Lipinski definition) is 1. The first-order valence-corrected chi connectivity index (χ1v) is 7.39. The zero-order chi connectivity index (χ0) is 14.9. The van der Waals surface area contributed by atoms with Crippen LogP contribution in [0.4, 0.5) is 0 Å². The molecule has 0 aromatic carbocycles. The van der Waals surface area contributed by atoms with E-state index in [2.05, 4.69) is 10.2 Å². The predicted octanol–water partition coefficient (Wildman–Crippen LogP) is 4.32. The van der Waals surface area contributed by atoms with Crippen molar-refractivity contribution >= 4 is 70.7 Å². The molecule has 0 aromatic rings. The minimum atomic E-state index is -1.33. The lowest BCUT2D eigenvalue weighted by Crippen LogP contribution is -2.49. The first-order chi connectivity index (χ1) is 8.37. The summed E-state index contributed by atoms with van der Waals surface area (Å²) in [6.45, 7) is 3.45. The third-order valence-corrected chi connectivity index (χ3v) is 5.23. The van der Waals surface area contributed by atoms with Gasteiger partial charge in [-0.25, -0.2) is 5.21 Å². The van der Waals surface area contributed by atoms with Gasteiger partial charge in [-0.1, -0.05) is 61.3 Å². The van der Waals surface area contributed by atoms with Crippen LogP contribution in [-0.2, 0) is 0 Å². The maximum Gasteiger partial charge on any atom is 0.248 e. The summed E-state index contributed by atoms with van der Waals surface area (Å²) >= 11 is 30.4. The average molecular weight is 371 g/mol. The second-order valence-corrected chi connectivity index (χ2v) is 9.11. The molecule has 0 amide bonds. The standard InChI is InChI=1S/C10H15Cl5N3O/c1-8(11,5-18(19)6-16-17-7-18)3-4-10(14,15)9(2,12)13/h6-7,19H,3-5H2,1-2H3/q+1. The van der Waals surface area contributed by atoms with Gasteiger partial charge in [-0.3, -0.25) is 0 Å². The van der Waals surface area contributed by atoms with Gasteiger partial charge in [0.25, 0.3) is 0 Å². The molecule has 110 valence electrons. The van der Waals surface area contributed by atoms with Crippen molar-refractivity contribution in [1.29, 1.82) is 0 Å². The Morgan fingerprint density at radius 3 is 1.89 bits per heavy atom. The van der Waals surface area contributed by atoms with Gasteiger partial charge in [0.2, 0.25) is 12.7 Å². The largest absolute Gasteiger partial charge is 0.248 e. The Labute approximate surface area is 137 Å². The molecule has 0 fully saturated rings. The van der Waals surface area contributed by atoms with Crippen molar-refractivity contribution in [3.8, 4) is 0 Å². The summed E-state index contributed by atoms with van der Waals surface area (Å²) in [6.07, 6.45) is 3.23. The molecule has 0 saturated heterocycles. The summed E-state index contributed by atoms with van der Waals surface area (Å²) < 4.78 is -3.19. The van der Waals surface area contributed by atoms with Crippen LogP contribution in [0.15, 0.2) is 10.2 Å². The van der Waals surface area contributed by atoms with Crippen LogP contribution >= 0.6 is 58.0 Å². The van der Waals surface area contributed by atoms with Crippen LogP contribution < -0.4 is 0 Å². The van der Waals surface area contributed by atoms with E-state index in [1.807, 2.05) is 0 Å². The number of rotatable bonds is 6. The van der Waals surface area contributed by atoms with Crippen LogP contribution in [-0.4, -0.2) is 42.6 Å². The molecule has 1 N–H and O–H groups in total. The summed E-state index contributed by atoms with van der Waals surface area (Å²) in [7, 11) is 0. The lowest BCUT2D eigenvalue weighted by molar-refractivity contribution is -0.945. The fourth-order valence-corrected chi connectivity index (χ4v) is 2.26. The molecule has 9 heteroatoms. The highest BCUT2D eigenvalue weighted by molar-refractivity contribution is 6.62. The third kappa shape index (κ3) is 5.20. The number of hydroxylamine groups is 3. The van der Waals surface area contributed by atoms with Crippen molar-refractivity contribution < 1.29 is 9.85 Å². The molecule has 0 bridgehead atoms. The summed E-state index contributed by atoms with van der Waals surface area (Å²) in [5.41, 5.74) is 0. The van der Waals surface area contributed by atoms with E-state index >= 15 is 0 Å². The van der Waals surface area contributed by atoms with E-state index in [4.69, 9.17) is 58.0 Å².